The zero-order chi connectivity index (χ0) is 17.9. The number of carbonyl (C=O) groups is 2. The summed E-state index contributed by atoms with van der Waals surface area (Å²) in [6.07, 6.45) is -0.275. The second kappa shape index (κ2) is 7.21. The first-order chi connectivity index (χ1) is 11.2. The molecule has 1 amide bonds. The molecule has 1 saturated heterocycles. The quantitative estimate of drug-likeness (QED) is 0.920. The van der Waals surface area contributed by atoms with Crippen molar-refractivity contribution < 1.29 is 19.4 Å². The Hall–Kier alpha value is -2.08. The molecule has 0 aromatic heterocycles. The van der Waals surface area contributed by atoms with Crippen LogP contribution in [0.4, 0.5) is 4.79 Å². The van der Waals surface area contributed by atoms with Gasteiger partial charge in [-0.25, -0.2) is 9.59 Å². The van der Waals surface area contributed by atoms with Gasteiger partial charge in [-0.15, -0.1) is 0 Å². The van der Waals surface area contributed by atoms with E-state index < -0.39 is 11.6 Å². The van der Waals surface area contributed by atoms with Crippen LogP contribution < -0.4 is 0 Å². The fourth-order valence-electron chi connectivity index (χ4n) is 2.83. The number of piperazine rings is 1. The predicted octanol–water partition coefficient (Wildman–Crippen LogP) is 2.83. The molecule has 0 aliphatic carbocycles. The highest BCUT2D eigenvalue weighted by Gasteiger charge is 2.30. The van der Waals surface area contributed by atoms with Crippen LogP contribution in [0, 0.1) is 0 Å². The van der Waals surface area contributed by atoms with Crippen LogP contribution >= 0.6 is 0 Å². The zero-order valence-electron chi connectivity index (χ0n) is 14.8. The van der Waals surface area contributed by atoms with Crippen LogP contribution in [0.3, 0.4) is 0 Å². The van der Waals surface area contributed by atoms with Gasteiger partial charge in [-0.05, 0) is 45.4 Å². The molecular formula is C18H26N2O4. The smallest absolute Gasteiger partial charge is 0.410 e. The van der Waals surface area contributed by atoms with E-state index >= 15 is 0 Å². The number of ether oxygens (including phenoxy) is 1. The summed E-state index contributed by atoms with van der Waals surface area (Å²) in [5, 5.41) is 9.07. The third-order valence-electron chi connectivity index (χ3n) is 3.92. The van der Waals surface area contributed by atoms with Crippen molar-refractivity contribution in [3.05, 3.63) is 35.4 Å². The fraction of sp³-hybridized carbons (Fsp3) is 0.556. The van der Waals surface area contributed by atoms with Crippen LogP contribution in [-0.2, 0) is 11.3 Å². The molecule has 1 fully saturated rings. The topological polar surface area (TPSA) is 70.1 Å². The number of nitrogens with zero attached hydrogens (tertiary/aromatic N) is 2. The van der Waals surface area contributed by atoms with E-state index in [4.69, 9.17) is 9.84 Å². The summed E-state index contributed by atoms with van der Waals surface area (Å²) in [6.45, 7) is 10.3. The van der Waals surface area contributed by atoms with Gasteiger partial charge in [0.05, 0.1) is 5.56 Å². The fourth-order valence-corrected chi connectivity index (χ4v) is 2.83. The highest BCUT2D eigenvalue weighted by molar-refractivity contribution is 5.87. The second-order valence-corrected chi connectivity index (χ2v) is 7.26. The SMILES string of the molecule is CC1CN(Cc2cccc(C(=O)O)c2)CCN1C(=O)OC(C)(C)C. The molecule has 0 saturated carbocycles. The number of carboxylic acids is 1. The Morgan fingerprint density at radius 2 is 2.00 bits per heavy atom. The molecule has 24 heavy (non-hydrogen) atoms. The minimum Gasteiger partial charge on any atom is -0.478 e. The monoisotopic (exact) mass is 334 g/mol. The summed E-state index contributed by atoms with van der Waals surface area (Å²) < 4.78 is 5.45. The van der Waals surface area contributed by atoms with Gasteiger partial charge in [-0.2, -0.15) is 0 Å². The lowest BCUT2D eigenvalue weighted by atomic mass is 10.1. The molecule has 1 aromatic rings. The number of carbonyl (C=O) groups excluding carboxylic acids is 1. The highest BCUT2D eigenvalue weighted by atomic mass is 16.6. The number of aromatic carboxylic acids is 1. The van der Waals surface area contributed by atoms with E-state index in [0.717, 1.165) is 18.7 Å². The minimum atomic E-state index is -0.917. The van der Waals surface area contributed by atoms with Gasteiger partial charge in [0.25, 0.3) is 0 Å². The van der Waals surface area contributed by atoms with Crippen LogP contribution in [-0.4, -0.2) is 58.2 Å². The highest BCUT2D eigenvalue weighted by Crippen LogP contribution is 2.17. The lowest BCUT2D eigenvalue weighted by Crippen LogP contribution is -2.54. The molecule has 0 spiro atoms. The lowest BCUT2D eigenvalue weighted by Gasteiger charge is -2.40. The molecule has 1 atom stereocenters. The van der Waals surface area contributed by atoms with Crippen LogP contribution in [0.2, 0.25) is 0 Å². The average Bonchev–Trinajstić information content (AvgIpc) is 2.45. The van der Waals surface area contributed by atoms with Gasteiger partial charge >= 0.3 is 12.1 Å². The summed E-state index contributed by atoms with van der Waals surface area (Å²) in [4.78, 5) is 27.3. The Balaban J connectivity index is 1.95. The van der Waals surface area contributed by atoms with Gasteiger partial charge in [0, 0.05) is 32.2 Å². The first-order valence-corrected chi connectivity index (χ1v) is 8.20. The first kappa shape index (κ1) is 18.3. The Morgan fingerprint density at radius 3 is 2.58 bits per heavy atom. The van der Waals surface area contributed by atoms with Crippen molar-refractivity contribution in [3.8, 4) is 0 Å². The maximum Gasteiger partial charge on any atom is 0.410 e. The van der Waals surface area contributed by atoms with E-state index in [2.05, 4.69) is 4.90 Å². The molecule has 6 heteroatoms. The molecule has 6 nitrogen and oxygen atoms in total. The third-order valence-corrected chi connectivity index (χ3v) is 3.92. The number of hydrogen-bond acceptors (Lipinski definition) is 4. The van der Waals surface area contributed by atoms with Crippen LogP contribution in [0.15, 0.2) is 24.3 Å². The molecule has 0 bridgehead atoms. The predicted molar refractivity (Wildman–Crippen MR) is 91.1 cm³/mol. The van der Waals surface area contributed by atoms with E-state index in [9.17, 15) is 9.59 Å². The van der Waals surface area contributed by atoms with E-state index in [1.165, 1.54) is 0 Å². The van der Waals surface area contributed by atoms with Gasteiger partial charge in [-0.3, -0.25) is 4.90 Å². The number of benzene rings is 1. The Morgan fingerprint density at radius 1 is 1.29 bits per heavy atom. The summed E-state index contributed by atoms with van der Waals surface area (Å²) >= 11 is 0. The number of hydrogen-bond donors (Lipinski definition) is 1. The molecule has 1 heterocycles. The molecule has 0 radical (unpaired) electrons. The van der Waals surface area contributed by atoms with E-state index in [1.807, 2.05) is 33.8 Å². The van der Waals surface area contributed by atoms with Gasteiger partial charge in [-0.1, -0.05) is 12.1 Å². The zero-order valence-corrected chi connectivity index (χ0v) is 14.8. The molecule has 1 aliphatic rings. The maximum absolute atomic E-state index is 12.2. The lowest BCUT2D eigenvalue weighted by molar-refractivity contribution is 0.000532. The first-order valence-electron chi connectivity index (χ1n) is 8.20. The van der Waals surface area contributed by atoms with Crippen molar-refractivity contribution >= 4 is 12.1 Å². The molecule has 1 N–H and O–H groups in total. The standard InChI is InChI=1S/C18H26N2O4/c1-13-11-19(8-9-20(13)17(23)24-18(2,3)4)12-14-6-5-7-15(10-14)16(21)22/h5-7,10,13H,8-9,11-12H2,1-4H3,(H,21,22). The Bertz CT molecular complexity index is 609. The third kappa shape index (κ3) is 4.96. The minimum absolute atomic E-state index is 0.0521. The summed E-state index contributed by atoms with van der Waals surface area (Å²) in [5.74, 6) is -0.917. The van der Waals surface area contributed by atoms with E-state index in [1.54, 1.807) is 23.1 Å². The van der Waals surface area contributed by atoms with Crippen molar-refractivity contribution in [3.63, 3.8) is 0 Å². The Kier molecular flexibility index (Phi) is 5.49. The normalized spacial score (nSPS) is 19.2. The summed E-state index contributed by atoms with van der Waals surface area (Å²) in [6, 6.07) is 7.04. The van der Waals surface area contributed by atoms with Crippen molar-refractivity contribution in [1.29, 1.82) is 0 Å². The summed E-state index contributed by atoms with van der Waals surface area (Å²) in [7, 11) is 0. The maximum atomic E-state index is 12.2. The number of carboxylic acid groups (broad SMARTS) is 1. The van der Waals surface area contributed by atoms with Crippen molar-refractivity contribution in [2.75, 3.05) is 19.6 Å². The molecule has 1 aliphatic heterocycles. The Labute approximate surface area is 143 Å². The molecule has 2 rings (SSSR count). The van der Waals surface area contributed by atoms with E-state index in [0.29, 0.717) is 18.7 Å². The summed E-state index contributed by atoms with van der Waals surface area (Å²) in [5.41, 5.74) is 0.770. The van der Waals surface area contributed by atoms with Crippen LogP contribution in [0.1, 0.15) is 43.6 Å². The molecular weight excluding hydrogens is 308 g/mol. The van der Waals surface area contributed by atoms with Crippen LogP contribution in [0.25, 0.3) is 0 Å². The van der Waals surface area contributed by atoms with Crippen LogP contribution in [0.5, 0.6) is 0 Å². The van der Waals surface area contributed by atoms with Gasteiger partial charge in [0.2, 0.25) is 0 Å². The average molecular weight is 334 g/mol. The van der Waals surface area contributed by atoms with E-state index in [-0.39, 0.29) is 12.1 Å². The van der Waals surface area contributed by atoms with Crippen molar-refractivity contribution in [1.82, 2.24) is 9.80 Å². The van der Waals surface area contributed by atoms with Gasteiger partial charge < -0.3 is 14.7 Å². The molecule has 132 valence electrons. The molecule has 1 aromatic carbocycles. The largest absolute Gasteiger partial charge is 0.478 e. The van der Waals surface area contributed by atoms with Gasteiger partial charge in [0.15, 0.2) is 0 Å². The van der Waals surface area contributed by atoms with Crippen molar-refractivity contribution in [2.45, 2.75) is 45.9 Å². The number of rotatable bonds is 3. The second-order valence-electron chi connectivity index (χ2n) is 7.26. The van der Waals surface area contributed by atoms with Crippen molar-refractivity contribution in [2.24, 2.45) is 0 Å². The molecule has 1 unspecified atom stereocenters. The van der Waals surface area contributed by atoms with Gasteiger partial charge in [0.1, 0.15) is 5.60 Å². The number of amides is 1.